The van der Waals surface area contributed by atoms with E-state index in [-0.39, 0.29) is 11.5 Å². The first-order valence-electron chi connectivity index (χ1n) is 13.4. The van der Waals surface area contributed by atoms with E-state index in [2.05, 4.69) is 17.2 Å². The molecule has 0 aliphatic rings. The number of aliphatic hydroxyl groups is 1. The molecule has 1 aromatic heterocycles. The molecule has 5 nitrogen and oxygen atoms in total. The van der Waals surface area contributed by atoms with Crippen LogP contribution in [0.4, 0.5) is 0 Å². The highest BCUT2D eigenvalue weighted by Gasteiger charge is 2.26. The van der Waals surface area contributed by atoms with Crippen molar-refractivity contribution >= 4 is 22.5 Å². The van der Waals surface area contributed by atoms with E-state index in [4.69, 9.17) is 0 Å². The molecule has 0 saturated carbocycles. The van der Waals surface area contributed by atoms with E-state index in [9.17, 15) is 14.7 Å². The van der Waals surface area contributed by atoms with Gasteiger partial charge in [-0.2, -0.15) is 0 Å². The van der Waals surface area contributed by atoms with Crippen LogP contribution in [0.2, 0.25) is 0 Å². The molecule has 188 valence electrons. The number of amides is 1. The van der Waals surface area contributed by atoms with Gasteiger partial charge in [-0.05, 0) is 24.8 Å². The fourth-order valence-corrected chi connectivity index (χ4v) is 4.45. The minimum atomic E-state index is -0.951. The Morgan fingerprint density at radius 3 is 2.00 bits per heavy atom. The van der Waals surface area contributed by atoms with Crippen molar-refractivity contribution in [3.05, 3.63) is 42.2 Å². The summed E-state index contributed by atoms with van der Waals surface area (Å²) in [6, 6.07) is 8.45. The van der Waals surface area contributed by atoms with E-state index >= 15 is 0 Å². The Kier molecular flexibility index (Phi) is 13.5. The van der Waals surface area contributed by atoms with E-state index < -0.39 is 18.1 Å². The van der Waals surface area contributed by atoms with Crippen LogP contribution < -0.4 is 5.32 Å². The molecule has 1 aromatic carbocycles. The van der Waals surface area contributed by atoms with Gasteiger partial charge in [0.05, 0.1) is 6.10 Å². The summed E-state index contributed by atoms with van der Waals surface area (Å²) in [7, 11) is 0. The third kappa shape index (κ3) is 9.92. The fraction of sp³-hybridized carbons (Fsp3) is 0.621. The number of nitrogens with zero attached hydrogens (tertiary/aromatic N) is 1. The van der Waals surface area contributed by atoms with E-state index in [1.54, 1.807) is 13.1 Å². The Balaban J connectivity index is 1.65. The maximum absolute atomic E-state index is 12.8. The SMILES string of the molecule is CCCCCCCCCCCCCCCC(=O)[C@@H](NC(=O)c1nccc2ccccc12)[C@@H](C)O. The van der Waals surface area contributed by atoms with Gasteiger partial charge in [-0.1, -0.05) is 108 Å². The summed E-state index contributed by atoms with van der Waals surface area (Å²) in [5, 5.41) is 14.5. The number of aliphatic hydroxyl groups excluding tert-OH is 1. The first-order chi connectivity index (χ1) is 16.5. The molecule has 2 aromatic rings. The van der Waals surface area contributed by atoms with Gasteiger partial charge in [-0.25, -0.2) is 0 Å². The summed E-state index contributed by atoms with van der Waals surface area (Å²) in [5.74, 6) is -0.548. The summed E-state index contributed by atoms with van der Waals surface area (Å²) in [5.41, 5.74) is 0.275. The van der Waals surface area contributed by atoms with Crippen LogP contribution >= 0.6 is 0 Å². The van der Waals surface area contributed by atoms with Crippen LogP contribution in [0, 0.1) is 0 Å². The van der Waals surface area contributed by atoms with E-state index in [0.29, 0.717) is 6.42 Å². The van der Waals surface area contributed by atoms with Crippen LogP contribution in [-0.4, -0.2) is 33.9 Å². The van der Waals surface area contributed by atoms with Crippen molar-refractivity contribution < 1.29 is 14.7 Å². The smallest absolute Gasteiger partial charge is 0.271 e. The van der Waals surface area contributed by atoms with Gasteiger partial charge in [0.15, 0.2) is 5.78 Å². The van der Waals surface area contributed by atoms with E-state index in [0.717, 1.165) is 30.0 Å². The number of aromatic nitrogens is 1. The van der Waals surface area contributed by atoms with E-state index in [1.165, 1.54) is 64.2 Å². The topological polar surface area (TPSA) is 79.3 Å². The number of ketones is 1. The maximum Gasteiger partial charge on any atom is 0.271 e. The lowest BCUT2D eigenvalue weighted by molar-refractivity contribution is -0.123. The normalized spacial score (nSPS) is 13.0. The number of carbonyl (C=O) groups is 2. The predicted molar refractivity (Wildman–Crippen MR) is 140 cm³/mol. The Morgan fingerprint density at radius 2 is 1.41 bits per heavy atom. The zero-order valence-electron chi connectivity index (χ0n) is 21.2. The van der Waals surface area contributed by atoms with Crippen LogP contribution in [0.3, 0.4) is 0 Å². The quantitative estimate of drug-likeness (QED) is 0.237. The van der Waals surface area contributed by atoms with Gasteiger partial charge in [0.25, 0.3) is 5.91 Å². The standard InChI is InChI=1S/C29H44N2O3/c1-3-4-5-6-7-8-9-10-11-12-13-14-15-20-26(33)27(23(2)32)31-29(34)28-25-19-17-16-18-24(25)21-22-30-28/h16-19,21-23,27,32H,3-15,20H2,1-2H3,(H,31,34)/t23-,27+/m1/s1. The van der Waals surface area contributed by atoms with Crippen molar-refractivity contribution in [2.45, 2.75) is 116 Å². The Labute approximate surface area is 205 Å². The minimum absolute atomic E-state index is 0.119. The largest absolute Gasteiger partial charge is 0.391 e. The molecule has 0 spiro atoms. The van der Waals surface area contributed by atoms with Gasteiger partial charge >= 0.3 is 0 Å². The molecule has 2 rings (SSSR count). The molecule has 2 N–H and O–H groups in total. The Bertz CT molecular complexity index is 860. The molecule has 0 saturated heterocycles. The lowest BCUT2D eigenvalue weighted by atomic mass is 10.00. The maximum atomic E-state index is 12.8. The molecular weight excluding hydrogens is 424 g/mol. The van der Waals surface area contributed by atoms with Crippen molar-refractivity contribution in [2.24, 2.45) is 0 Å². The van der Waals surface area contributed by atoms with Crippen molar-refractivity contribution in [3.8, 4) is 0 Å². The van der Waals surface area contributed by atoms with Crippen molar-refractivity contribution in [1.82, 2.24) is 10.3 Å². The number of Topliss-reactive ketones (excluding diaryl/α,β-unsaturated/α-hetero) is 1. The number of unbranched alkanes of at least 4 members (excludes halogenated alkanes) is 12. The van der Waals surface area contributed by atoms with Gasteiger partial charge in [0, 0.05) is 18.0 Å². The predicted octanol–water partition coefficient (Wildman–Crippen LogP) is 6.76. The fourth-order valence-electron chi connectivity index (χ4n) is 4.45. The Morgan fingerprint density at radius 1 is 0.853 bits per heavy atom. The van der Waals surface area contributed by atoms with Crippen LogP contribution in [0.5, 0.6) is 0 Å². The lowest BCUT2D eigenvalue weighted by Gasteiger charge is -2.20. The van der Waals surface area contributed by atoms with Crippen molar-refractivity contribution in [1.29, 1.82) is 0 Å². The van der Waals surface area contributed by atoms with Crippen molar-refractivity contribution in [3.63, 3.8) is 0 Å². The van der Waals surface area contributed by atoms with E-state index in [1.807, 2.05) is 30.3 Å². The number of hydrogen-bond donors (Lipinski definition) is 2. The molecule has 2 atom stereocenters. The molecule has 0 unspecified atom stereocenters. The lowest BCUT2D eigenvalue weighted by Crippen LogP contribution is -2.47. The summed E-state index contributed by atoms with van der Waals surface area (Å²) in [6.45, 7) is 3.80. The van der Waals surface area contributed by atoms with Crippen LogP contribution in [0.1, 0.15) is 114 Å². The number of carbonyl (C=O) groups excluding carboxylic acids is 2. The second-order valence-corrected chi connectivity index (χ2v) is 9.53. The van der Waals surface area contributed by atoms with Crippen LogP contribution in [0.15, 0.2) is 36.5 Å². The van der Waals surface area contributed by atoms with Gasteiger partial charge in [0.1, 0.15) is 11.7 Å². The molecule has 0 radical (unpaired) electrons. The molecule has 5 heteroatoms. The third-order valence-corrected chi connectivity index (χ3v) is 6.53. The van der Waals surface area contributed by atoms with Crippen LogP contribution in [0.25, 0.3) is 10.8 Å². The van der Waals surface area contributed by atoms with Gasteiger partial charge in [0.2, 0.25) is 0 Å². The number of hydrogen-bond acceptors (Lipinski definition) is 4. The minimum Gasteiger partial charge on any atom is -0.391 e. The van der Waals surface area contributed by atoms with Gasteiger partial charge in [-0.15, -0.1) is 0 Å². The first kappa shape index (κ1) is 28.0. The zero-order valence-corrected chi connectivity index (χ0v) is 21.2. The van der Waals surface area contributed by atoms with Gasteiger partial charge in [-0.3, -0.25) is 14.6 Å². The second kappa shape index (κ2) is 16.4. The molecule has 1 amide bonds. The van der Waals surface area contributed by atoms with Crippen LogP contribution in [-0.2, 0) is 4.79 Å². The summed E-state index contributed by atoms with van der Waals surface area (Å²) in [6.07, 6.45) is 17.3. The first-order valence-corrected chi connectivity index (χ1v) is 13.4. The third-order valence-electron chi connectivity index (χ3n) is 6.53. The number of rotatable bonds is 18. The molecule has 0 aliphatic heterocycles. The second-order valence-electron chi connectivity index (χ2n) is 9.53. The summed E-state index contributed by atoms with van der Waals surface area (Å²) in [4.78, 5) is 29.8. The highest BCUT2D eigenvalue weighted by atomic mass is 16.3. The average Bonchev–Trinajstić information content (AvgIpc) is 2.84. The highest BCUT2D eigenvalue weighted by Crippen LogP contribution is 2.17. The number of benzene rings is 1. The summed E-state index contributed by atoms with van der Waals surface area (Å²) >= 11 is 0. The zero-order chi connectivity index (χ0) is 24.6. The monoisotopic (exact) mass is 468 g/mol. The summed E-state index contributed by atoms with van der Waals surface area (Å²) < 4.78 is 0. The molecule has 0 bridgehead atoms. The van der Waals surface area contributed by atoms with Crippen molar-refractivity contribution in [2.75, 3.05) is 0 Å². The average molecular weight is 469 g/mol. The molecule has 1 heterocycles. The number of pyridine rings is 1. The molecule has 34 heavy (non-hydrogen) atoms. The number of fused-ring (bicyclic) bond motifs is 1. The molecular formula is C29H44N2O3. The van der Waals surface area contributed by atoms with Gasteiger partial charge < -0.3 is 10.4 Å². The molecule has 0 aliphatic carbocycles. The Hall–Kier alpha value is -2.27. The molecule has 0 fully saturated rings. The highest BCUT2D eigenvalue weighted by molar-refractivity contribution is 6.06. The number of nitrogens with one attached hydrogen (secondary N) is 1.